The number of nitrogens with one attached hydrogen (secondary N) is 1. The lowest BCUT2D eigenvalue weighted by Crippen LogP contribution is -2.49. The van der Waals surface area contributed by atoms with E-state index in [-0.39, 0.29) is 18.3 Å². The lowest BCUT2D eigenvalue weighted by Gasteiger charge is -2.17. The lowest BCUT2D eigenvalue weighted by molar-refractivity contribution is -0.125. The summed E-state index contributed by atoms with van der Waals surface area (Å²) >= 11 is 0. The van der Waals surface area contributed by atoms with Crippen molar-refractivity contribution < 1.29 is 9.53 Å². The molecule has 0 saturated heterocycles. The molecule has 3 N–H and O–H groups in total. The van der Waals surface area contributed by atoms with Crippen LogP contribution in [-0.4, -0.2) is 24.6 Å². The molecule has 1 amide bonds. The normalized spacial score (nSPS) is 10.8. The van der Waals surface area contributed by atoms with Gasteiger partial charge >= 0.3 is 0 Å². The number of halogens is 1. The second-order valence-corrected chi connectivity index (χ2v) is 5.22. The maximum Gasteiger partial charge on any atom is 0.239 e. The fraction of sp³-hybridized carbons (Fsp3) is 0.533. The van der Waals surface area contributed by atoms with Crippen LogP contribution in [0.5, 0.6) is 0 Å². The zero-order valence-electron chi connectivity index (χ0n) is 12.2. The molecule has 0 aliphatic heterocycles. The van der Waals surface area contributed by atoms with E-state index in [9.17, 15) is 4.79 Å². The van der Waals surface area contributed by atoms with E-state index in [1.165, 1.54) is 5.56 Å². The predicted octanol–water partition coefficient (Wildman–Crippen LogP) is 2.26. The number of nitrogens with two attached hydrogens (primary N) is 1. The minimum atomic E-state index is -0.802. The molecule has 1 rings (SSSR count). The summed E-state index contributed by atoms with van der Waals surface area (Å²) in [4.78, 5) is 11.5. The molecule has 0 aromatic heterocycles. The Morgan fingerprint density at radius 1 is 1.25 bits per heavy atom. The molecule has 0 aliphatic rings. The smallest absolute Gasteiger partial charge is 0.239 e. The largest absolute Gasteiger partial charge is 0.377 e. The molecule has 0 heterocycles. The van der Waals surface area contributed by atoms with Gasteiger partial charge < -0.3 is 15.8 Å². The molecule has 20 heavy (non-hydrogen) atoms. The van der Waals surface area contributed by atoms with Gasteiger partial charge in [-0.2, -0.15) is 0 Å². The van der Waals surface area contributed by atoms with Gasteiger partial charge in [-0.05, 0) is 32.3 Å². The molecule has 0 fully saturated rings. The Labute approximate surface area is 127 Å². The molecule has 0 bridgehead atoms. The highest BCUT2D eigenvalue weighted by Gasteiger charge is 2.20. The number of hydrogen-bond acceptors (Lipinski definition) is 3. The van der Waals surface area contributed by atoms with E-state index in [1.807, 2.05) is 30.3 Å². The summed E-state index contributed by atoms with van der Waals surface area (Å²) in [6.07, 6.45) is 1.83. The zero-order chi connectivity index (χ0) is 14.1. The number of hydrogen-bond donors (Lipinski definition) is 2. The van der Waals surface area contributed by atoms with Gasteiger partial charge in [0, 0.05) is 13.2 Å². The minimum absolute atomic E-state index is 0. The van der Waals surface area contributed by atoms with E-state index in [2.05, 4.69) is 5.32 Å². The molecule has 4 nitrogen and oxygen atoms in total. The van der Waals surface area contributed by atoms with Gasteiger partial charge in [0.15, 0.2) is 0 Å². The van der Waals surface area contributed by atoms with E-state index in [0.29, 0.717) is 19.8 Å². The summed E-state index contributed by atoms with van der Waals surface area (Å²) in [6, 6.07) is 10.1. The first-order valence-corrected chi connectivity index (χ1v) is 6.69. The van der Waals surface area contributed by atoms with Crippen LogP contribution in [0.2, 0.25) is 0 Å². The van der Waals surface area contributed by atoms with Crippen molar-refractivity contribution in [3.63, 3.8) is 0 Å². The van der Waals surface area contributed by atoms with Crippen LogP contribution in [-0.2, 0) is 16.1 Å². The Kier molecular flexibility index (Phi) is 9.21. The molecule has 0 radical (unpaired) electrons. The average Bonchev–Trinajstić information content (AvgIpc) is 2.37. The van der Waals surface area contributed by atoms with Gasteiger partial charge in [0.1, 0.15) is 0 Å². The van der Waals surface area contributed by atoms with Crippen LogP contribution in [0.1, 0.15) is 32.3 Å². The van der Waals surface area contributed by atoms with Crippen LogP contribution in [0.4, 0.5) is 0 Å². The van der Waals surface area contributed by atoms with Crippen LogP contribution in [0, 0.1) is 0 Å². The molecular weight excluding hydrogens is 276 g/mol. The van der Waals surface area contributed by atoms with Crippen molar-refractivity contribution in [2.45, 2.75) is 38.8 Å². The highest BCUT2D eigenvalue weighted by molar-refractivity contribution is 5.85. The van der Waals surface area contributed by atoms with Crippen LogP contribution in [0.3, 0.4) is 0 Å². The molecule has 1 aromatic carbocycles. The Morgan fingerprint density at radius 3 is 2.50 bits per heavy atom. The molecule has 0 unspecified atom stereocenters. The Morgan fingerprint density at radius 2 is 1.90 bits per heavy atom. The van der Waals surface area contributed by atoms with Crippen molar-refractivity contribution in [1.82, 2.24) is 5.32 Å². The fourth-order valence-electron chi connectivity index (χ4n) is 1.52. The quantitative estimate of drug-likeness (QED) is 0.724. The fourth-order valence-corrected chi connectivity index (χ4v) is 1.52. The molecule has 0 aliphatic carbocycles. The van der Waals surface area contributed by atoms with E-state index < -0.39 is 5.54 Å². The molecule has 0 saturated carbocycles. The third-order valence-electron chi connectivity index (χ3n) is 2.70. The molecular formula is C15H25ClN2O2. The van der Waals surface area contributed by atoms with Crippen molar-refractivity contribution in [2.24, 2.45) is 5.73 Å². The van der Waals surface area contributed by atoms with Gasteiger partial charge in [-0.1, -0.05) is 30.3 Å². The molecule has 1 aromatic rings. The van der Waals surface area contributed by atoms with E-state index in [0.717, 1.165) is 12.8 Å². The Balaban J connectivity index is 0.00000361. The average molecular weight is 301 g/mol. The first kappa shape index (κ1) is 18.9. The summed E-state index contributed by atoms with van der Waals surface area (Å²) in [5.74, 6) is -0.113. The van der Waals surface area contributed by atoms with Gasteiger partial charge in [0.05, 0.1) is 12.1 Å². The maximum absolute atomic E-state index is 11.5. The number of unbranched alkanes of at least 4 members (excludes halogenated alkanes) is 1. The van der Waals surface area contributed by atoms with Crippen molar-refractivity contribution in [2.75, 3.05) is 13.2 Å². The van der Waals surface area contributed by atoms with Crippen molar-refractivity contribution in [3.05, 3.63) is 35.9 Å². The summed E-state index contributed by atoms with van der Waals surface area (Å²) in [6.45, 7) is 5.39. The summed E-state index contributed by atoms with van der Waals surface area (Å²) < 4.78 is 5.56. The third-order valence-corrected chi connectivity index (χ3v) is 2.70. The Bertz CT molecular complexity index is 377. The molecule has 114 valence electrons. The van der Waals surface area contributed by atoms with E-state index in [4.69, 9.17) is 10.5 Å². The number of carbonyl (C=O) groups is 1. The van der Waals surface area contributed by atoms with Gasteiger partial charge in [0.25, 0.3) is 0 Å². The first-order chi connectivity index (χ1) is 9.00. The van der Waals surface area contributed by atoms with Crippen LogP contribution < -0.4 is 11.1 Å². The number of ether oxygens (including phenoxy) is 1. The van der Waals surface area contributed by atoms with Gasteiger partial charge in [-0.25, -0.2) is 0 Å². The summed E-state index contributed by atoms with van der Waals surface area (Å²) in [5.41, 5.74) is 6.05. The number of amides is 1. The number of rotatable bonds is 8. The SMILES string of the molecule is CC(C)(N)C(=O)NCCCCOCc1ccccc1.Cl. The first-order valence-electron chi connectivity index (χ1n) is 6.69. The predicted molar refractivity (Wildman–Crippen MR) is 83.9 cm³/mol. The van der Waals surface area contributed by atoms with Crippen molar-refractivity contribution in [1.29, 1.82) is 0 Å². The van der Waals surface area contributed by atoms with Gasteiger partial charge in [-0.3, -0.25) is 4.79 Å². The van der Waals surface area contributed by atoms with Gasteiger partial charge in [0.2, 0.25) is 5.91 Å². The third kappa shape index (κ3) is 8.15. The van der Waals surface area contributed by atoms with Crippen LogP contribution >= 0.6 is 12.4 Å². The van der Waals surface area contributed by atoms with E-state index in [1.54, 1.807) is 13.8 Å². The number of carbonyl (C=O) groups excluding carboxylic acids is 1. The molecule has 0 spiro atoms. The Hall–Kier alpha value is -1.10. The molecule has 5 heteroatoms. The monoisotopic (exact) mass is 300 g/mol. The number of benzene rings is 1. The van der Waals surface area contributed by atoms with Crippen LogP contribution in [0.15, 0.2) is 30.3 Å². The second-order valence-electron chi connectivity index (χ2n) is 5.22. The lowest BCUT2D eigenvalue weighted by atomic mass is 10.1. The van der Waals surface area contributed by atoms with Crippen molar-refractivity contribution >= 4 is 18.3 Å². The van der Waals surface area contributed by atoms with E-state index >= 15 is 0 Å². The second kappa shape index (κ2) is 9.75. The molecule has 0 atom stereocenters. The maximum atomic E-state index is 11.5. The van der Waals surface area contributed by atoms with Crippen molar-refractivity contribution in [3.8, 4) is 0 Å². The van der Waals surface area contributed by atoms with Gasteiger partial charge in [-0.15, -0.1) is 12.4 Å². The topological polar surface area (TPSA) is 64.4 Å². The van der Waals surface area contributed by atoms with Crippen LogP contribution in [0.25, 0.3) is 0 Å². The summed E-state index contributed by atoms with van der Waals surface area (Å²) in [7, 11) is 0. The minimum Gasteiger partial charge on any atom is -0.377 e. The standard InChI is InChI=1S/C15H24N2O2.ClH/c1-15(2,16)14(18)17-10-6-7-11-19-12-13-8-4-3-5-9-13;/h3-5,8-9H,6-7,10-12,16H2,1-2H3,(H,17,18);1H. The zero-order valence-corrected chi connectivity index (χ0v) is 13.0. The highest BCUT2D eigenvalue weighted by atomic mass is 35.5. The summed E-state index contributed by atoms with van der Waals surface area (Å²) in [5, 5.41) is 2.81. The highest BCUT2D eigenvalue weighted by Crippen LogP contribution is 2.01.